The quantitative estimate of drug-likeness (QED) is 0.694. The van der Waals surface area contributed by atoms with Crippen molar-refractivity contribution in [1.29, 1.82) is 0 Å². The van der Waals surface area contributed by atoms with Crippen LogP contribution in [-0.4, -0.2) is 22.5 Å². The third-order valence-electron chi connectivity index (χ3n) is 3.39. The van der Waals surface area contributed by atoms with Crippen LogP contribution >= 0.6 is 0 Å². The van der Waals surface area contributed by atoms with Crippen LogP contribution in [0.4, 0.5) is 0 Å². The van der Waals surface area contributed by atoms with Gasteiger partial charge in [0.2, 0.25) is 0 Å². The van der Waals surface area contributed by atoms with Gasteiger partial charge in [-0.05, 0) is 36.8 Å². The van der Waals surface area contributed by atoms with Gasteiger partial charge >= 0.3 is 5.97 Å². The second-order valence-electron chi connectivity index (χ2n) is 4.99. The molecule has 3 rings (SSSR count). The Bertz CT molecular complexity index is 824. The normalized spacial score (nSPS) is 10.6. The van der Waals surface area contributed by atoms with Gasteiger partial charge in [-0.1, -0.05) is 12.1 Å². The van der Waals surface area contributed by atoms with Crippen LogP contribution in [0.1, 0.15) is 21.6 Å². The molecule has 1 aromatic carbocycles. The maximum Gasteiger partial charge on any atom is 0.338 e. The summed E-state index contributed by atoms with van der Waals surface area (Å²) in [4.78, 5) is 15.8. The zero-order valence-corrected chi connectivity index (χ0v) is 12.4. The molecule has 0 N–H and O–H groups in total. The number of pyridine rings is 1. The van der Waals surface area contributed by atoms with Crippen LogP contribution < -0.4 is 4.74 Å². The van der Waals surface area contributed by atoms with E-state index < -0.39 is 0 Å². The van der Waals surface area contributed by atoms with Gasteiger partial charge in [0.1, 0.15) is 18.0 Å². The number of carbonyl (C=O) groups excluding carboxylic acids is 1. The highest BCUT2D eigenvalue weighted by molar-refractivity contribution is 5.90. The first-order valence-corrected chi connectivity index (χ1v) is 6.91. The lowest BCUT2D eigenvalue weighted by molar-refractivity contribution is 0.0600. The topological polar surface area (TPSA) is 52.8 Å². The van der Waals surface area contributed by atoms with Crippen molar-refractivity contribution in [3.05, 3.63) is 65.6 Å². The fraction of sp³-hybridized carbons (Fsp3) is 0.176. The van der Waals surface area contributed by atoms with E-state index in [-0.39, 0.29) is 5.97 Å². The molecule has 0 atom stereocenters. The number of benzene rings is 1. The molecule has 5 heteroatoms. The zero-order chi connectivity index (χ0) is 15.5. The lowest BCUT2D eigenvalue weighted by Gasteiger charge is -2.07. The Morgan fingerprint density at radius 1 is 1.27 bits per heavy atom. The Hall–Kier alpha value is -2.82. The molecule has 0 fully saturated rings. The Labute approximate surface area is 128 Å². The fourth-order valence-corrected chi connectivity index (χ4v) is 2.25. The molecule has 3 aromatic rings. The smallest absolute Gasteiger partial charge is 0.338 e. The number of imidazole rings is 1. The van der Waals surface area contributed by atoms with E-state index in [0.29, 0.717) is 17.8 Å². The summed E-state index contributed by atoms with van der Waals surface area (Å²) in [5.74, 6) is 0.448. The zero-order valence-electron chi connectivity index (χ0n) is 12.4. The summed E-state index contributed by atoms with van der Waals surface area (Å²) < 4.78 is 12.4. The van der Waals surface area contributed by atoms with Crippen molar-refractivity contribution in [3.63, 3.8) is 0 Å². The molecular weight excluding hydrogens is 280 g/mol. The minimum absolute atomic E-state index is 0.372. The highest BCUT2D eigenvalue weighted by Gasteiger charge is 2.09. The largest absolute Gasteiger partial charge is 0.487 e. The summed E-state index contributed by atoms with van der Waals surface area (Å²) in [5, 5.41) is 0. The van der Waals surface area contributed by atoms with Gasteiger partial charge < -0.3 is 13.9 Å². The van der Waals surface area contributed by atoms with Crippen LogP contribution in [0.5, 0.6) is 5.75 Å². The second-order valence-corrected chi connectivity index (χ2v) is 4.99. The van der Waals surface area contributed by atoms with E-state index in [1.807, 2.05) is 35.6 Å². The molecule has 112 valence electrons. The first-order chi connectivity index (χ1) is 10.7. The molecule has 0 amide bonds. The molecule has 0 saturated heterocycles. The van der Waals surface area contributed by atoms with Gasteiger partial charge in [-0.25, -0.2) is 9.78 Å². The summed E-state index contributed by atoms with van der Waals surface area (Å²) in [5.41, 5.74) is 3.23. The van der Waals surface area contributed by atoms with Crippen LogP contribution in [0.15, 0.2) is 48.8 Å². The van der Waals surface area contributed by atoms with Gasteiger partial charge in [0.05, 0.1) is 24.6 Å². The van der Waals surface area contributed by atoms with E-state index in [2.05, 4.69) is 4.98 Å². The number of hydrogen-bond donors (Lipinski definition) is 0. The predicted molar refractivity (Wildman–Crippen MR) is 82.0 cm³/mol. The predicted octanol–water partition coefficient (Wildman–Crippen LogP) is 3.01. The molecule has 0 bridgehead atoms. The molecule has 0 aliphatic heterocycles. The number of methoxy groups -OCH3 is 1. The molecule has 5 nitrogen and oxygen atoms in total. The minimum Gasteiger partial charge on any atom is -0.487 e. The number of hydrogen-bond acceptors (Lipinski definition) is 4. The average molecular weight is 296 g/mol. The molecule has 0 unspecified atom stereocenters. The number of fused-ring (bicyclic) bond motifs is 1. The number of nitrogens with zero attached hydrogens (tertiary/aromatic N) is 2. The minimum atomic E-state index is -0.372. The number of ether oxygens (including phenoxy) is 2. The van der Waals surface area contributed by atoms with E-state index in [0.717, 1.165) is 17.0 Å². The number of aromatic nitrogens is 2. The van der Waals surface area contributed by atoms with Crippen molar-refractivity contribution in [1.82, 2.24) is 9.38 Å². The first-order valence-electron chi connectivity index (χ1n) is 6.91. The van der Waals surface area contributed by atoms with E-state index in [1.165, 1.54) is 7.11 Å². The average Bonchev–Trinajstić information content (AvgIpc) is 2.94. The SMILES string of the molecule is COC(=O)c1ccn2c(COc3cccc(C)c3)cnc2c1. The summed E-state index contributed by atoms with van der Waals surface area (Å²) >= 11 is 0. The summed E-state index contributed by atoms with van der Waals surface area (Å²) in [6.07, 6.45) is 3.54. The third-order valence-corrected chi connectivity index (χ3v) is 3.39. The number of esters is 1. The summed E-state index contributed by atoms with van der Waals surface area (Å²) in [6.45, 7) is 2.43. The monoisotopic (exact) mass is 296 g/mol. The molecule has 0 spiro atoms. The van der Waals surface area contributed by atoms with Gasteiger partial charge in [-0.2, -0.15) is 0 Å². The van der Waals surface area contributed by atoms with Crippen LogP contribution in [-0.2, 0) is 11.3 Å². The number of aryl methyl sites for hydroxylation is 1. The van der Waals surface area contributed by atoms with Crippen molar-refractivity contribution < 1.29 is 14.3 Å². The summed E-state index contributed by atoms with van der Waals surface area (Å²) in [7, 11) is 1.36. The van der Waals surface area contributed by atoms with E-state index in [9.17, 15) is 4.79 Å². The van der Waals surface area contributed by atoms with Gasteiger partial charge in [0.25, 0.3) is 0 Å². The molecule has 22 heavy (non-hydrogen) atoms. The number of rotatable bonds is 4. The Morgan fingerprint density at radius 2 is 2.14 bits per heavy atom. The maximum atomic E-state index is 11.5. The Morgan fingerprint density at radius 3 is 2.91 bits per heavy atom. The van der Waals surface area contributed by atoms with Crippen molar-refractivity contribution in [3.8, 4) is 5.75 Å². The van der Waals surface area contributed by atoms with Gasteiger partial charge in [-0.3, -0.25) is 0 Å². The van der Waals surface area contributed by atoms with Crippen molar-refractivity contribution in [2.24, 2.45) is 0 Å². The lowest BCUT2D eigenvalue weighted by Crippen LogP contribution is -2.03. The molecule has 2 heterocycles. The second kappa shape index (κ2) is 5.89. The van der Waals surface area contributed by atoms with E-state index >= 15 is 0 Å². The highest BCUT2D eigenvalue weighted by Crippen LogP contribution is 2.16. The van der Waals surface area contributed by atoms with Crippen molar-refractivity contribution >= 4 is 11.6 Å². The standard InChI is InChI=1S/C17H16N2O3/c1-12-4-3-5-15(8-12)22-11-14-10-18-16-9-13(17(20)21-2)6-7-19(14)16/h3-10H,11H2,1-2H3. The Kier molecular flexibility index (Phi) is 3.78. The lowest BCUT2D eigenvalue weighted by atomic mass is 10.2. The number of carbonyl (C=O) groups is 1. The van der Waals surface area contributed by atoms with Crippen molar-refractivity contribution in [2.45, 2.75) is 13.5 Å². The van der Waals surface area contributed by atoms with E-state index in [4.69, 9.17) is 9.47 Å². The van der Waals surface area contributed by atoms with Gasteiger partial charge in [0, 0.05) is 6.20 Å². The maximum absolute atomic E-state index is 11.5. The van der Waals surface area contributed by atoms with Crippen molar-refractivity contribution in [2.75, 3.05) is 7.11 Å². The molecule has 0 aliphatic rings. The van der Waals surface area contributed by atoms with E-state index in [1.54, 1.807) is 24.5 Å². The molecule has 2 aromatic heterocycles. The molecule has 0 saturated carbocycles. The summed E-state index contributed by atoms with van der Waals surface area (Å²) in [6, 6.07) is 11.3. The third kappa shape index (κ3) is 2.79. The molecule has 0 aliphatic carbocycles. The van der Waals surface area contributed by atoms with Gasteiger partial charge in [0.15, 0.2) is 0 Å². The molecule has 0 radical (unpaired) electrons. The van der Waals surface area contributed by atoms with Crippen LogP contribution in [0.25, 0.3) is 5.65 Å². The van der Waals surface area contributed by atoms with Gasteiger partial charge in [-0.15, -0.1) is 0 Å². The Balaban J connectivity index is 1.81. The van der Waals surface area contributed by atoms with Crippen LogP contribution in [0, 0.1) is 6.92 Å². The van der Waals surface area contributed by atoms with Crippen LogP contribution in [0.2, 0.25) is 0 Å². The first kappa shape index (κ1) is 14.1. The molecular formula is C17H16N2O3. The highest BCUT2D eigenvalue weighted by atomic mass is 16.5. The fourth-order valence-electron chi connectivity index (χ4n) is 2.25. The van der Waals surface area contributed by atoms with Crippen LogP contribution in [0.3, 0.4) is 0 Å².